The van der Waals surface area contributed by atoms with Gasteiger partial charge in [-0.05, 0) is 52.7 Å². The lowest BCUT2D eigenvalue weighted by atomic mass is 9.92. The Kier molecular flexibility index (Phi) is 8.65. The van der Waals surface area contributed by atoms with Crippen LogP contribution in [-0.4, -0.2) is 45.5 Å². The molecule has 0 bridgehead atoms. The van der Waals surface area contributed by atoms with Crippen molar-refractivity contribution in [3.63, 3.8) is 0 Å². The Bertz CT molecular complexity index is 1860. The van der Waals surface area contributed by atoms with E-state index in [2.05, 4.69) is 15.9 Å². The summed E-state index contributed by atoms with van der Waals surface area (Å²) in [4.78, 5) is 35.3. The first-order valence-corrected chi connectivity index (χ1v) is 14.9. The molecule has 8 nitrogen and oxygen atoms in total. The maximum absolute atomic E-state index is 14.2. The number of fused-ring (bicyclic) bond motifs is 1. The number of para-hydroxylation sites is 1. The minimum atomic E-state index is -0.884. The second-order valence-corrected chi connectivity index (χ2v) is 11.5. The number of benzene rings is 3. The van der Waals surface area contributed by atoms with Crippen LogP contribution in [0.5, 0.6) is 11.5 Å². The Hall–Kier alpha value is -4.15. The number of ether oxygens (including phenoxy) is 3. The number of rotatable bonds is 8. The second-order valence-electron chi connectivity index (χ2n) is 9.62. The van der Waals surface area contributed by atoms with E-state index in [9.17, 15) is 9.59 Å². The van der Waals surface area contributed by atoms with Crippen molar-refractivity contribution < 1.29 is 19.0 Å². The zero-order valence-electron chi connectivity index (χ0n) is 23.9. The molecule has 1 aliphatic heterocycles. The molecule has 1 aromatic heterocycles. The van der Waals surface area contributed by atoms with E-state index in [1.54, 1.807) is 30.7 Å². The summed E-state index contributed by atoms with van der Waals surface area (Å²) in [6.45, 7) is 1.91. The number of carbonyl (C=O) groups is 1. The number of esters is 1. The number of hydrogen-bond donors (Lipinski definition) is 0. The van der Waals surface area contributed by atoms with E-state index in [1.807, 2.05) is 79.7 Å². The monoisotopic (exact) mass is 647 g/mol. The maximum Gasteiger partial charge on any atom is 0.338 e. The largest absolute Gasteiger partial charge is 0.493 e. The minimum Gasteiger partial charge on any atom is -0.493 e. The Morgan fingerprint density at radius 3 is 2.48 bits per heavy atom. The molecular formula is C32H30BrN3O5S. The summed E-state index contributed by atoms with van der Waals surface area (Å²) in [6, 6.07) is 19.9. The molecule has 0 N–H and O–H groups in total. The van der Waals surface area contributed by atoms with Gasteiger partial charge >= 0.3 is 5.97 Å². The molecule has 1 unspecified atom stereocenters. The molecule has 1 atom stereocenters. The zero-order chi connectivity index (χ0) is 30.0. The van der Waals surface area contributed by atoms with Crippen LogP contribution < -0.4 is 29.3 Å². The summed E-state index contributed by atoms with van der Waals surface area (Å²) in [5.74, 6) is 0.329. The lowest BCUT2D eigenvalue weighted by molar-refractivity contribution is -0.138. The Labute approximate surface area is 255 Å². The highest BCUT2D eigenvalue weighted by molar-refractivity contribution is 9.10. The predicted molar refractivity (Wildman–Crippen MR) is 169 cm³/mol. The van der Waals surface area contributed by atoms with E-state index in [4.69, 9.17) is 19.2 Å². The molecule has 0 spiro atoms. The van der Waals surface area contributed by atoms with E-state index >= 15 is 0 Å². The van der Waals surface area contributed by atoms with Crippen LogP contribution in [0.4, 0.5) is 5.69 Å². The molecule has 3 aromatic carbocycles. The quantitative estimate of drug-likeness (QED) is 0.256. The SMILES string of the molecule is CCOC(=O)C1=C(c2ccccc2)N=c2s/c(=C\c3ccc(N(C)C)c(Br)c3)c(=O)n2C1c1cccc(OC)c1OC. The molecule has 0 radical (unpaired) electrons. The molecule has 0 aliphatic carbocycles. The number of nitrogens with zero attached hydrogens (tertiary/aromatic N) is 3. The average Bonchev–Trinajstić information content (AvgIpc) is 3.30. The first-order valence-electron chi connectivity index (χ1n) is 13.2. The van der Waals surface area contributed by atoms with Crippen LogP contribution in [0.2, 0.25) is 0 Å². The Balaban J connectivity index is 1.84. The number of aromatic nitrogens is 1. The molecule has 5 rings (SSSR count). The molecule has 1 aliphatic rings. The lowest BCUT2D eigenvalue weighted by Gasteiger charge is -2.27. The molecule has 10 heteroatoms. The molecule has 0 fully saturated rings. The lowest BCUT2D eigenvalue weighted by Crippen LogP contribution is -2.40. The molecule has 2 heterocycles. The van der Waals surface area contributed by atoms with Gasteiger partial charge in [0.1, 0.15) is 6.04 Å². The summed E-state index contributed by atoms with van der Waals surface area (Å²) >= 11 is 4.90. The topological polar surface area (TPSA) is 82.4 Å². The van der Waals surface area contributed by atoms with Gasteiger partial charge < -0.3 is 19.1 Å². The van der Waals surface area contributed by atoms with E-state index < -0.39 is 12.0 Å². The number of hydrogen-bond acceptors (Lipinski definition) is 8. The summed E-state index contributed by atoms with van der Waals surface area (Å²) < 4.78 is 19.9. The minimum absolute atomic E-state index is 0.161. The van der Waals surface area contributed by atoms with Crippen LogP contribution in [0.25, 0.3) is 11.8 Å². The fourth-order valence-electron chi connectivity index (χ4n) is 4.99. The highest BCUT2D eigenvalue weighted by Gasteiger charge is 2.37. The van der Waals surface area contributed by atoms with Crippen LogP contribution in [0.3, 0.4) is 0 Å². The first-order chi connectivity index (χ1) is 20.3. The molecule has 0 saturated heterocycles. The number of thiazole rings is 1. The number of halogens is 1. The van der Waals surface area contributed by atoms with E-state index in [0.29, 0.717) is 32.1 Å². The van der Waals surface area contributed by atoms with E-state index in [-0.39, 0.29) is 17.7 Å². The van der Waals surface area contributed by atoms with Gasteiger partial charge in [0, 0.05) is 29.7 Å². The smallest absolute Gasteiger partial charge is 0.338 e. The average molecular weight is 649 g/mol. The fraction of sp³-hybridized carbons (Fsp3) is 0.219. The summed E-state index contributed by atoms with van der Waals surface area (Å²) in [7, 11) is 7.02. The van der Waals surface area contributed by atoms with E-state index in [1.165, 1.54) is 18.4 Å². The van der Waals surface area contributed by atoms with Crippen molar-refractivity contribution in [2.75, 3.05) is 39.8 Å². The highest BCUT2D eigenvalue weighted by Crippen LogP contribution is 2.42. The third-order valence-corrected chi connectivity index (χ3v) is 8.47. The van der Waals surface area contributed by atoms with Gasteiger partial charge in [0.05, 0.1) is 42.3 Å². The van der Waals surface area contributed by atoms with Crippen LogP contribution in [0.1, 0.15) is 29.7 Å². The Morgan fingerprint density at radius 1 is 1.07 bits per heavy atom. The normalized spacial score (nSPS) is 14.7. The van der Waals surface area contributed by atoms with Crippen molar-refractivity contribution in [3.05, 3.63) is 113 Å². The molecule has 4 aromatic rings. The van der Waals surface area contributed by atoms with Crippen LogP contribution in [-0.2, 0) is 9.53 Å². The fourth-order valence-corrected chi connectivity index (χ4v) is 6.74. The van der Waals surface area contributed by atoms with Gasteiger partial charge in [-0.15, -0.1) is 0 Å². The molecule has 0 amide bonds. The van der Waals surface area contributed by atoms with Gasteiger partial charge in [-0.3, -0.25) is 9.36 Å². The third kappa shape index (κ3) is 5.39. The second kappa shape index (κ2) is 12.4. The van der Waals surface area contributed by atoms with Gasteiger partial charge in [0.25, 0.3) is 5.56 Å². The van der Waals surface area contributed by atoms with Gasteiger partial charge in [0.15, 0.2) is 16.3 Å². The van der Waals surface area contributed by atoms with Crippen molar-refractivity contribution in [2.24, 2.45) is 4.99 Å². The van der Waals surface area contributed by atoms with Crippen molar-refractivity contribution in [3.8, 4) is 11.5 Å². The molecular weight excluding hydrogens is 618 g/mol. The van der Waals surface area contributed by atoms with E-state index in [0.717, 1.165) is 21.3 Å². The molecule has 216 valence electrons. The third-order valence-electron chi connectivity index (χ3n) is 6.85. The van der Waals surface area contributed by atoms with Crippen molar-refractivity contribution in [1.82, 2.24) is 4.57 Å². The number of methoxy groups -OCH3 is 2. The highest BCUT2D eigenvalue weighted by atomic mass is 79.9. The summed E-state index contributed by atoms with van der Waals surface area (Å²) in [5, 5.41) is 0. The van der Waals surface area contributed by atoms with Crippen LogP contribution >= 0.6 is 27.3 Å². The van der Waals surface area contributed by atoms with Crippen molar-refractivity contribution in [2.45, 2.75) is 13.0 Å². The number of carbonyl (C=O) groups excluding carboxylic acids is 1. The number of anilines is 1. The standard InChI is InChI=1S/C32H30BrN3O5S/c1-6-41-31(38)26-27(20-11-8-7-9-12-20)34-32-36(28(26)21-13-10-14-24(39-4)29(21)40-5)30(37)25(42-32)18-19-15-16-23(35(2)3)22(33)17-19/h7-18,28H,6H2,1-5H3/b25-18-. The van der Waals surface area contributed by atoms with Gasteiger partial charge in [-0.2, -0.15) is 0 Å². The zero-order valence-corrected chi connectivity index (χ0v) is 26.3. The van der Waals surface area contributed by atoms with Gasteiger partial charge in [-0.1, -0.05) is 59.9 Å². The Morgan fingerprint density at radius 2 is 1.83 bits per heavy atom. The molecule has 42 heavy (non-hydrogen) atoms. The van der Waals surface area contributed by atoms with Gasteiger partial charge in [-0.25, -0.2) is 9.79 Å². The van der Waals surface area contributed by atoms with Crippen molar-refractivity contribution in [1.29, 1.82) is 0 Å². The van der Waals surface area contributed by atoms with Crippen molar-refractivity contribution >= 4 is 50.7 Å². The van der Waals surface area contributed by atoms with Crippen LogP contribution in [0, 0.1) is 0 Å². The first kappa shape index (κ1) is 29.3. The maximum atomic E-state index is 14.2. The van der Waals surface area contributed by atoms with Crippen LogP contribution in [0.15, 0.2) is 86.6 Å². The van der Waals surface area contributed by atoms with Gasteiger partial charge in [0.2, 0.25) is 0 Å². The molecule has 0 saturated carbocycles. The predicted octanol–water partition coefficient (Wildman–Crippen LogP) is 4.78. The summed E-state index contributed by atoms with van der Waals surface area (Å²) in [6.07, 6.45) is 1.84. The summed E-state index contributed by atoms with van der Waals surface area (Å²) in [5.41, 5.74) is 3.57.